The van der Waals surface area contributed by atoms with Gasteiger partial charge in [0.05, 0.1) is 6.10 Å². The molecule has 0 amide bonds. The summed E-state index contributed by atoms with van der Waals surface area (Å²) in [4.78, 5) is 0. The monoisotopic (exact) mass is 213 g/mol. The molecule has 0 aromatic heterocycles. The largest absolute Gasteiger partial charge is 0.393 e. The Labute approximate surface area is 94.5 Å². The highest BCUT2D eigenvalue weighted by molar-refractivity contribution is 4.73. The van der Waals surface area contributed by atoms with Gasteiger partial charge in [-0.25, -0.2) is 0 Å². The van der Waals surface area contributed by atoms with Gasteiger partial charge in [0, 0.05) is 0 Å². The van der Waals surface area contributed by atoms with Crippen molar-refractivity contribution in [3.8, 4) is 0 Å². The van der Waals surface area contributed by atoms with Gasteiger partial charge in [-0.05, 0) is 63.5 Å². The number of hydrogen-bond donors (Lipinski definition) is 2. The van der Waals surface area contributed by atoms with Gasteiger partial charge < -0.3 is 10.4 Å². The fraction of sp³-hybridized carbons (Fsp3) is 1.00. The van der Waals surface area contributed by atoms with Gasteiger partial charge in [-0.1, -0.05) is 13.8 Å². The van der Waals surface area contributed by atoms with E-state index >= 15 is 0 Å². The molecule has 0 unspecified atom stereocenters. The predicted octanol–water partition coefficient (Wildman–Crippen LogP) is 2.56. The van der Waals surface area contributed by atoms with Crippen LogP contribution in [0.4, 0.5) is 0 Å². The first-order valence-corrected chi connectivity index (χ1v) is 6.57. The minimum absolute atomic E-state index is 0.0119. The van der Waals surface area contributed by atoms with E-state index in [1.165, 1.54) is 25.7 Å². The summed E-state index contributed by atoms with van der Waals surface area (Å²) in [6.45, 7) is 6.88. The molecule has 0 aliphatic heterocycles. The first-order valence-electron chi connectivity index (χ1n) is 6.57. The molecule has 0 bridgehead atoms. The molecular weight excluding hydrogens is 186 g/mol. The molecule has 0 aromatic rings. The SMILES string of the molecule is CC(C)CCCNCC1CCC(O)CC1. The molecular formula is C13H27NO. The van der Waals surface area contributed by atoms with E-state index in [2.05, 4.69) is 19.2 Å². The Kier molecular flexibility index (Phi) is 6.26. The van der Waals surface area contributed by atoms with Crippen molar-refractivity contribution < 1.29 is 5.11 Å². The third-order valence-corrected chi connectivity index (χ3v) is 3.38. The van der Waals surface area contributed by atoms with Crippen molar-refractivity contribution in [2.75, 3.05) is 13.1 Å². The van der Waals surface area contributed by atoms with Gasteiger partial charge in [-0.3, -0.25) is 0 Å². The zero-order valence-corrected chi connectivity index (χ0v) is 10.3. The molecule has 2 N–H and O–H groups in total. The van der Waals surface area contributed by atoms with Crippen molar-refractivity contribution in [1.29, 1.82) is 0 Å². The summed E-state index contributed by atoms with van der Waals surface area (Å²) < 4.78 is 0. The number of nitrogens with one attached hydrogen (secondary N) is 1. The van der Waals surface area contributed by atoms with Crippen molar-refractivity contribution in [3.63, 3.8) is 0 Å². The Bertz CT molecular complexity index is 151. The number of rotatable bonds is 6. The van der Waals surface area contributed by atoms with E-state index in [1.54, 1.807) is 0 Å². The van der Waals surface area contributed by atoms with Crippen LogP contribution < -0.4 is 5.32 Å². The van der Waals surface area contributed by atoms with Crippen LogP contribution in [0.5, 0.6) is 0 Å². The average Bonchev–Trinajstić information content (AvgIpc) is 2.20. The lowest BCUT2D eigenvalue weighted by molar-refractivity contribution is 0.108. The third-order valence-electron chi connectivity index (χ3n) is 3.38. The third kappa shape index (κ3) is 6.16. The van der Waals surface area contributed by atoms with Gasteiger partial charge in [0.1, 0.15) is 0 Å². The molecule has 1 saturated carbocycles. The number of aliphatic hydroxyl groups is 1. The molecule has 0 heterocycles. The molecule has 15 heavy (non-hydrogen) atoms. The standard InChI is InChI=1S/C13H27NO/c1-11(2)4-3-9-14-10-12-5-7-13(15)8-6-12/h11-15H,3-10H2,1-2H3. The molecule has 1 fully saturated rings. The van der Waals surface area contributed by atoms with Gasteiger partial charge in [-0.2, -0.15) is 0 Å². The molecule has 1 rings (SSSR count). The average molecular weight is 213 g/mol. The highest BCUT2D eigenvalue weighted by Crippen LogP contribution is 2.23. The van der Waals surface area contributed by atoms with Crippen LogP contribution in [-0.4, -0.2) is 24.3 Å². The van der Waals surface area contributed by atoms with E-state index in [0.29, 0.717) is 0 Å². The highest BCUT2D eigenvalue weighted by Gasteiger charge is 2.18. The molecule has 0 saturated heterocycles. The van der Waals surface area contributed by atoms with Crippen LogP contribution >= 0.6 is 0 Å². The Morgan fingerprint density at radius 3 is 2.47 bits per heavy atom. The zero-order valence-electron chi connectivity index (χ0n) is 10.3. The van der Waals surface area contributed by atoms with E-state index < -0.39 is 0 Å². The summed E-state index contributed by atoms with van der Waals surface area (Å²) in [5.41, 5.74) is 0. The summed E-state index contributed by atoms with van der Waals surface area (Å²) >= 11 is 0. The van der Waals surface area contributed by atoms with Crippen molar-refractivity contribution in [2.45, 2.75) is 58.5 Å². The Hall–Kier alpha value is -0.0800. The fourth-order valence-electron chi connectivity index (χ4n) is 2.29. The summed E-state index contributed by atoms with van der Waals surface area (Å²) in [5, 5.41) is 12.9. The molecule has 90 valence electrons. The maximum Gasteiger partial charge on any atom is 0.0540 e. The predicted molar refractivity (Wildman–Crippen MR) is 64.9 cm³/mol. The Morgan fingerprint density at radius 1 is 1.20 bits per heavy atom. The van der Waals surface area contributed by atoms with Crippen molar-refractivity contribution in [3.05, 3.63) is 0 Å². The summed E-state index contributed by atoms with van der Waals surface area (Å²) in [7, 11) is 0. The normalized spacial score (nSPS) is 27.2. The van der Waals surface area contributed by atoms with Crippen LogP contribution in [0.2, 0.25) is 0 Å². The molecule has 2 heteroatoms. The van der Waals surface area contributed by atoms with E-state index in [9.17, 15) is 5.11 Å². The molecule has 0 aromatic carbocycles. The number of aliphatic hydroxyl groups excluding tert-OH is 1. The van der Waals surface area contributed by atoms with Gasteiger partial charge in [0.2, 0.25) is 0 Å². The van der Waals surface area contributed by atoms with Crippen LogP contribution in [0.15, 0.2) is 0 Å². The van der Waals surface area contributed by atoms with Gasteiger partial charge in [0.25, 0.3) is 0 Å². The molecule has 0 radical (unpaired) electrons. The molecule has 1 aliphatic carbocycles. The highest BCUT2D eigenvalue weighted by atomic mass is 16.3. The molecule has 2 nitrogen and oxygen atoms in total. The second kappa shape index (κ2) is 7.24. The lowest BCUT2D eigenvalue weighted by Gasteiger charge is -2.25. The smallest absolute Gasteiger partial charge is 0.0540 e. The van der Waals surface area contributed by atoms with Crippen LogP contribution in [0, 0.1) is 11.8 Å². The second-order valence-electron chi connectivity index (χ2n) is 5.41. The van der Waals surface area contributed by atoms with E-state index in [1.807, 2.05) is 0 Å². The lowest BCUT2D eigenvalue weighted by Crippen LogP contribution is -2.28. The fourth-order valence-corrected chi connectivity index (χ4v) is 2.29. The first-order chi connectivity index (χ1) is 7.18. The number of hydrogen-bond acceptors (Lipinski definition) is 2. The second-order valence-corrected chi connectivity index (χ2v) is 5.41. The van der Waals surface area contributed by atoms with Gasteiger partial charge >= 0.3 is 0 Å². The zero-order chi connectivity index (χ0) is 11.1. The topological polar surface area (TPSA) is 32.3 Å². The van der Waals surface area contributed by atoms with E-state index in [-0.39, 0.29) is 6.10 Å². The minimum Gasteiger partial charge on any atom is -0.393 e. The first kappa shape index (κ1) is 13.0. The van der Waals surface area contributed by atoms with Crippen LogP contribution in [0.25, 0.3) is 0 Å². The maximum absolute atomic E-state index is 9.38. The summed E-state index contributed by atoms with van der Waals surface area (Å²) in [6, 6.07) is 0. The van der Waals surface area contributed by atoms with Gasteiger partial charge in [-0.15, -0.1) is 0 Å². The van der Waals surface area contributed by atoms with E-state index in [0.717, 1.165) is 37.8 Å². The van der Waals surface area contributed by atoms with Crippen molar-refractivity contribution in [1.82, 2.24) is 5.32 Å². The van der Waals surface area contributed by atoms with Crippen molar-refractivity contribution in [2.24, 2.45) is 11.8 Å². The Balaban J connectivity index is 1.91. The minimum atomic E-state index is -0.0119. The molecule has 1 aliphatic rings. The summed E-state index contributed by atoms with van der Waals surface area (Å²) in [6.07, 6.45) is 7.05. The van der Waals surface area contributed by atoms with Crippen LogP contribution in [-0.2, 0) is 0 Å². The van der Waals surface area contributed by atoms with Crippen LogP contribution in [0.1, 0.15) is 52.4 Å². The quantitative estimate of drug-likeness (QED) is 0.665. The van der Waals surface area contributed by atoms with E-state index in [4.69, 9.17) is 0 Å². The maximum atomic E-state index is 9.38. The summed E-state index contributed by atoms with van der Waals surface area (Å²) in [5.74, 6) is 1.64. The Morgan fingerprint density at radius 2 is 1.87 bits per heavy atom. The van der Waals surface area contributed by atoms with Crippen LogP contribution in [0.3, 0.4) is 0 Å². The molecule has 0 atom stereocenters. The molecule has 0 spiro atoms. The van der Waals surface area contributed by atoms with Crippen molar-refractivity contribution >= 4 is 0 Å². The van der Waals surface area contributed by atoms with Gasteiger partial charge in [0.15, 0.2) is 0 Å². The lowest BCUT2D eigenvalue weighted by atomic mass is 9.87.